The van der Waals surface area contributed by atoms with Crippen LogP contribution in [0, 0.1) is 0 Å². The third kappa shape index (κ3) is 3.43. The van der Waals surface area contributed by atoms with Crippen molar-refractivity contribution in [3.63, 3.8) is 0 Å². The summed E-state index contributed by atoms with van der Waals surface area (Å²) in [6.45, 7) is 7.56. The maximum absolute atomic E-state index is 6.44. The normalized spacial score (nSPS) is 34.1. The first-order chi connectivity index (χ1) is 8.13. The summed E-state index contributed by atoms with van der Waals surface area (Å²) in [6.07, 6.45) is 7.84. The number of morpholine rings is 1. The van der Waals surface area contributed by atoms with E-state index >= 15 is 0 Å². The van der Waals surface area contributed by atoms with Gasteiger partial charge in [0.15, 0.2) is 0 Å². The molecular formula is C14H28N2O. The minimum absolute atomic E-state index is 0.139. The number of nitrogens with zero attached hydrogens (tertiary/aromatic N) is 1. The van der Waals surface area contributed by atoms with Gasteiger partial charge in [0.2, 0.25) is 0 Å². The third-order valence-corrected chi connectivity index (χ3v) is 4.55. The molecular weight excluding hydrogens is 212 g/mol. The quantitative estimate of drug-likeness (QED) is 0.818. The average molecular weight is 240 g/mol. The summed E-state index contributed by atoms with van der Waals surface area (Å²) in [5.41, 5.74) is 6.58. The van der Waals surface area contributed by atoms with E-state index in [4.69, 9.17) is 10.5 Å². The zero-order valence-corrected chi connectivity index (χ0v) is 11.5. The fourth-order valence-electron chi connectivity index (χ4n) is 3.26. The van der Waals surface area contributed by atoms with Gasteiger partial charge in [0, 0.05) is 24.7 Å². The minimum Gasteiger partial charge on any atom is -0.376 e. The summed E-state index contributed by atoms with van der Waals surface area (Å²) < 4.78 is 5.74. The fraction of sp³-hybridized carbons (Fsp3) is 1.00. The SMILES string of the molecule is CCC1COC(C)CN1CCC1(N)CCCC1. The molecule has 0 aromatic rings. The number of rotatable bonds is 4. The molecule has 0 amide bonds. The zero-order chi connectivity index (χ0) is 12.3. The van der Waals surface area contributed by atoms with E-state index < -0.39 is 0 Å². The first kappa shape index (κ1) is 13.3. The van der Waals surface area contributed by atoms with Gasteiger partial charge >= 0.3 is 0 Å². The Morgan fingerprint density at radius 1 is 1.35 bits per heavy atom. The molecule has 0 radical (unpaired) electrons. The molecule has 1 aliphatic carbocycles. The highest BCUT2D eigenvalue weighted by Gasteiger charge is 2.32. The van der Waals surface area contributed by atoms with Crippen LogP contribution in [0.4, 0.5) is 0 Å². The van der Waals surface area contributed by atoms with Gasteiger partial charge in [-0.1, -0.05) is 19.8 Å². The Balaban J connectivity index is 1.83. The van der Waals surface area contributed by atoms with Gasteiger partial charge in [-0.2, -0.15) is 0 Å². The number of hydrogen-bond acceptors (Lipinski definition) is 3. The molecule has 1 aliphatic heterocycles. The average Bonchev–Trinajstić information content (AvgIpc) is 2.74. The lowest BCUT2D eigenvalue weighted by Crippen LogP contribution is -2.51. The van der Waals surface area contributed by atoms with Gasteiger partial charge in [0.1, 0.15) is 0 Å². The van der Waals surface area contributed by atoms with Gasteiger partial charge < -0.3 is 10.5 Å². The first-order valence-corrected chi connectivity index (χ1v) is 7.27. The van der Waals surface area contributed by atoms with Crippen LogP contribution in [0.25, 0.3) is 0 Å². The van der Waals surface area contributed by atoms with Crippen molar-refractivity contribution < 1.29 is 4.74 Å². The van der Waals surface area contributed by atoms with Crippen LogP contribution < -0.4 is 5.73 Å². The molecule has 2 rings (SSSR count). The highest BCUT2D eigenvalue weighted by atomic mass is 16.5. The van der Waals surface area contributed by atoms with Crippen LogP contribution in [0.15, 0.2) is 0 Å². The maximum Gasteiger partial charge on any atom is 0.0674 e. The Morgan fingerprint density at radius 2 is 2.06 bits per heavy atom. The molecule has 2 aliphatic rings. The van der Waals surface area contributed by atoms with E-state index in [0.717, 1.165) is 26.1 Å². The Bertz CT molecular complexity index is 238. The monoisotopic (exact) mass is 240 g/mol. The van der Waals surface area contributed by atoms with Gasteiger partial charge in [-0.3, -0.25) is 4.90 Å². The molecule has 2 atom stereocenters. The molecule has 17 heavy (non-hydrogen) atoms. The van der Waals surface area contributed by atoms with Crippen LogP contribution in [0.5, 0.6) is 0 Å². The highest BCUT2D eigenvalue weighted by Crippen LogP contribution is 2.30. The van der Waals surface area contributed by atoms with E-state index in [1.807, 2.05) is 0 Å². The van der Waals surface area contributed by atoms with Crippen molar-refractivity contribution in [2.24, 2.45) is 5.73 Å². The van der Waals surface area contributed by atoms with Crippen molar-refractivity contribution in [2.75, 3.05) is 19.7 Å². The zero-order valence-electron chi connectivity index (χ0n) is 11.5. The van der Waals surface area contributed by atoms with Crippen LogP contribution in [-0.2, 0) is 4.74 Å². The van der Waals surface area contributed by atoms with Gasteiger partial charge in [-0.05, 0) is 32.6 Å². The Kier molecular flexibility index (Phi) is 4.45. The second-order valence-electron chi connectivity index (χ2n) is 6.02. The summed E-state index contributed by atoms with van der Waals surface area (Å²) in [5.74, 6) is 0. The van der Waals surface area contributed by atoms with E-state index in [1.165, 1.54) is 32.1 Å². The summed E-state index contributed by atoms with van der Waals surface area (Å²) in [7, 11) is 0. The van der Waals surface area contributed by atoms with Crippen molar-refractivity contribution >= 4 is 0 Å². The molecule has 0 aromatic heterocycles. The second-order valence-corrected chi connectivity index (χ2v) is 6.02. The Hall–Kier alpha value is -0.120. The second kappa shape index (κ2) is 5.68. The molecule has 100 valence electrons. The third-order valence-electron chi connectivity index (χ3n) is 4.55. The van der Waals surface area contributed by atoms with E-state index in [0.29, 0.717) is 12.1 Å². The maximum atomic E-state index is 6.44. The molecule has 0 aromatic carbocycles. The molecule has 1 saturated heterocycles. The lowest BCUT2D eigenvalue weighted by molar-refractivity contribution is -0.0575. The van der Waals surface area contributed by atoms with E-state index in [9.17, 15) is 0 Å². The van der Waals surface area contributed by atoms with Crippen molar-refractivity contribution in [1.29, 1.82) is 0 Å². The van der Waals surface area contributed by atoms with Crippen molar-refractivity contribution in [2.45, 2.75) is 70.1 Å². The predicted molar refractivity (Wildman–Crippen MR) is 71.1 cm³/mol. The minimum atomic E-state index is 0.139. The molecule has 2 fully saturated rings. The van der Waals surface area contributed by atoms with Crippen molar-refractivity contribution in [3.05, 3.63) is 0 Å². The number of hydrogen-bond donors (Lipinski definition) is 1. The molecule has 3 nitrogen and oxygen atoms in total. The molecule has 2 unspecified atom stereocenters. The molecule has 1 saturated carbocycles. The van der Waals surface area contributed by atoms with E-state index in [-0.39, 0.29) is 5.54 Å². The van der Waals surface area contributed by atoms with Gasteiger partial charge in [0.25, 0.3) is 0 Å². The van der Waals surface area contributed by atoms with Gasteiger partial charge in [0.05, 0.1) is 12.7 Å². The molecule has 1 heterocycles. The predicted octanol–water partition coefficient (Wildman–Crippen LogP) is 2.15. The number of nitrogens with two attached hydrogens (primary N) is 1. The van der Waals surface area contributed by atoms with Gasteiger partial charge in [-0.25, -0.2) is 0 Å². The lowest BCUT2D eigenvalue weighted by atomic mass is 9.94. The fourth-order valence-corrected chi connectivity index (χ4v) is 3.26. The Morgan fingerprint density at radius 3 is 2.71 bits per heavy atom. The van der Waals surface area contributed by atoms with Gasteiger partial charge in [-0.15, -0.1) is 0 Å². The van der Waals surface area contributed by atoms with Crippen LogP contribution in [0.1, 0.15) is 52.4 Å². The van der Waals surface area contributed by atoms with Crippen LogP contribution in [0.2, 0.25) is 0 Å². The van der Waals surface area contributed by atoms with Crippen molar-refractivity contribution in [3.8, 4) is 0 Å². The molecule has 2 N–H and O–H groups in total. The lowest BCUT2D eigenvalue weighted by Gasteiger charge is -2.39. The first-order valence-electron chi connectivity index (χ1n) is 7.27. The standard InChI is InChI=1S/C14H28N2O/c1-3-13-11-17-12(2)10-16(13)9-8-14(15)6-4-5-7-14/h12-13H,3-11,15H2,1-2H3. The smallest absolute Gasteiger partial charge is 0.0674 e. The largest absolute Gasteiger partial charge is 0.376 e. The molecule has 3 heteroatoms. The Labute approximate surface area is 106 Å². The summed E-state index contributed by atoms with van der Waals surface area (Å²) in [6, 6.07) is 0.608. The molecule has 0 spiro atoms. The summed E-state index contributed by atoms with van der Waals surface area (Å²) >= 11 is 0. The molecule has 0 bridgehead atoms. The highest BCUT2D eigenvalue weighted by molar-refractivity contribution is 4.91. The number of ether oxygens (including phenoxy) is 1. The van der Waals surface area contributed by atoms with Crippen molar-refractivity contribution in [1.82, 2.24) is 4.90 Å². The van der Waals surface area contributed by atoms with Crippen LogP contribution in [0.3, 0.4) is 0 Å². The summed E-state index contributed by atoms with van der Waals surface area (Å²) in [4.78, 5) is 2.60. The van der Waals surface area contributed by atoms with Crippen LogP contribution in [-0.4, -0.2) is 42.3 Å². The summed E-state index contributed by atoms with van der Waals surface area (Å²) in [5, 5.41) is 0. The van der Waals surface area contributed by atoms with Crippen LogP contribution >= 0.6 is 0 Å². The van der Waals surface area contributed by atoms with E-state index in [2.05, 4.69) is 18.7 Å². The van der Waals surface area contributed by atoms with E-state index in [1.54, 1.807) is 0 Å². The topological polar surface area (TPSA) is 38.5 Å².